The molecule has 25 heavy (non-hydrogen) atoms. The van der Waals surface area contributed by atoms with Crippen LogP contribution in [0.5, 0.6) is 0 Å². The summed E-state index contributed by atoms with van der Waals surface area (Å²) < 4.78 is 5.43. The Morgan fingerprint density at radius 1 is 1.20 bits per heavy atom. The zero-order valence-electron chi connectivity index (χ0n) is 13.9. The number of aliphatic hydroxyl groups excluding tert-OH is 1. The Morgan fingerprint density at radius 3 is 2.96 bits per heavy atom. The van der Waals surface area contributed by atoms with Crippen LogP contribution in [-0.2, 0) is 13.0 Å². The number of nitrogens with zero attached hydrogens (tertiary/aromatic N) is 4. The van der Waals surface area contributed by atoms with Gasteiger partial charge in [0, 0.05) is 30.5 Å². The van der Waals surface area contributed by atoms with Crippen LogP contribution in [-0.4, -0.2) is 38.3 Å². The lowest BCUT2D eigenvalue weighted by Crippen LogP contribution is -2.30. The van der Waals surface area contributed by atoms with Gasteiger partial charge >= 0.3 is 0 Å². The van der Waals surface area contributed by atoms with E-state index in [1.165, 1.54) is 11.1 Å². The third-order valence-electron chi connectivity index (χ3n) is 4.66. The Labute approximate surface area is 146 Å². The molecule has 4 rings (SSSR count). The number of hydrogen-bond donors (Lipinski definition) is 1. The SMILES string of the molecule is OCCN(Cc1nc(-c2cccnc2)no1)C1CCc2ccccc21. The van der Waals surface area contributed by atoms with Crippen LogP contribution >= 0.6 is 0 Å². The van der Waals surface area contributed by atoms with E-state index in [9.17, 15) is 5.11 Å². The van der Waals surface area contributed by atoms with Gasteiger partial charge in [-0.05, 0) is 36.1 Å². The van der Waals surface area contributed by atoms with Gasteiger partial charge in [0.1, 0.15) is 0 Å². The standard InChI is InChI=1S/C19H20N4O2/c24-11-10-23(17-8-7-14-4-1-2-6-16(14)17)13-18-21-19(22-25-18)15-5-3-9-20-12-15/h1-6,9,12,17,24H,7-8,10-11,13H2. The van der Waals surface area contributed by atoms with Gasteiger partial charge in [-0.1, -0.05) is 29.4 Å². The molecule has 3 aromatic rings. The van der Waals surface area contributed by atoms with Crippen molar-refractivity contribution in [3.05, 3.63) is 65.8 Å². The maximum atomic E-state index is 9.49. The number of fused-ring (bicyclic) bond motifs is 1. The molecule has 2 heterocycles. The quantitative estimate of drug-likeness (QED) is 0.746. The largest absolute Gasteiger partial charge is 0.395 e. The summed E-state index contributed by atoms with van der Waals surface area (Å²) in [4.78, 5) is 10.8. The lowest BCUT2D eigenvalue weighted by molar-refractivity contribution is 0.128. The topological polar surface area (TPSA) is 75.3 Å². The van der Waals surface area contributed by atoms with Crippen molar-refractivity contribution in [3.63, 3.8) is 0 Å². The second-order valence-corrected chi connectivity index (χ2v) is 6.20. The molecule has 1 unspecified atom stereocenters. The Bertz CT molecular complexity index is 834. The predicted molar refractivity (Wildman–Crippen MR) is 92.5 cm³/mol. The minimum atomic E-state index is 0.0995. The number of benzene rings is 1. The average Bonchev–Trinajstić information content (AvgIpc) is 3.29. The van der Waals surface area contributed by atoms with Gasteiger partial charge in [0.2, 0.25) is 11.7 Å². The van der Waals surface area contributed by atoms with Crippen LogP contribution in [0, 0.1) is 0 Å². The van der Waals surface area contributed by atoms with Gasteiger partial charge in [-0.25, -0.2) is 0 Å². The van der Waals surface area contributed by atoms with E-state index in [4.69, 9.17) is 4.52 Å². The highest BCUT2D eigenvalue weighted by Gasteiger charge is 2.28. The van der Waals surface area contributed by atoms with Crippen LogP contribution < -0.4 is 0 Å². The third-order valence-corrected chi connectivity index (χ3v) is 4.66. The lowest BCUT2D eigenvalue weighted by Gasteiger charge is -2.27. The summed E-state index contributed by atoms with van der Waals surface area (Å²) in [5.41, 5.74) is 3.55. The number of hydrogen-bond acceptors (Lipinski definition) is 6. The number of aromatic nitrogens is 3. The smallest absolute Gasteiger partial charge is 0.241 e. The highest BCUT2D eigenvalue weighted by molar-refractivity contribution is 5.51. The molecule has 1 aromatic carbocycles. The van der Waals surface area contributed by atoms with Gasteiger partial charge in [-0.15, -0.1) is 0 Å². The minimum Gasteiger partial charge on any atom is -0.395 e. The molecule has 0 bridgehead atoms. The predicted octanol–water partition coefficient (Wildman–Crippen LogP) is 2.61. The first-order valence-electron chi connectivity index (χ1n) is 8.51. The molecule has 0 saturated carbocycles. The van der Waals surface area contributed by atoms with Crippen LogP contribution in [0.3, 0.4) is 0 Å². The van der Waals surface area contributed by atoms with Crippen LogP contribution in [0.15, 0.2) is 53.3 Å². The summed E-state index contributed by atoms with van der Waals surface area (Å²) >= 11 is 0. The molecular weight excluding hydrogens is 316 g/mol. The number of aliphatic hydroxyl groups is 1. The van der Waals surface area contributed by atoms with Crippen LogP contribution in [0.2, 0.25) is 0 Å². The van der Waals surface area contributed by atoms with Crippen molar-refractivity contribution >= 4 is 0 Å². The van der Waals surface area contributed by atoms with E-state index in [0.29, 0.717) is 24.8 Å². The number of rotatable bonds is 6. The molecule has 2 aromatic heterocycles. The molecule has 0 fully saturated rings. The maximum Gasteiger partial charge on any atom is 0.241 e. The van der Waals surface area contributed by atoms with Crippen LogP contribution in [0.1, 0.15) is 29.5 Å². The van der Waals surface area contributed by atoms with E-state index in [1.807, 2.05) is 12.1 Å². The molecule has 6 heteroatoms. The summed E-state index contributed by atoms with van der Waals surface area (Å²) in [5, 5.41) is 13.5. The summed E-state index contributed by atoms with van der Waals surface area (Å²) in [7, 11) is 0. The first kappa shape index (κ1) is 15.9. The van der Waals surface area contributed by atoms with E-state index >= 15 is 0 Å². The van der Waals surface area contributed by atoms with E-state index in [1.54, 1.807) is 12.4 Å². The molecule has 6 nitrogen and oxygen atoms in total. The summed E-state index contributed by atoms with van der Waals surface area (Å²) in [5.74, 6) is 1.09. The molecule has 0 spiro atoms. The monoisotopic (exact) mass is 336 g/mol. The highest BCUT2D eigenvalue weighted by atomic mass is 16.5. The molecule has 0 radical (unpaired) electrons. The van der Waals surface area contributed by atoms with Crippen molar-refractivity contribution in [1.29, 1.82) is 0 Å². The molecule has 0 aliphatic heterocycles. The minimum absolute atomic E-state index is 0.0995. The maximum absolute atomic E-state index is 9.49. The molecule has 1 aliphatic carbocycles. The van der Waals surface area contributed by atoms with Gasteiger partial charge in [0.05, 0.1) is 13.2 Å². The molecular formula is C19H20N4O2. The van der Waals surface area contributed by atoms with Gasteiger partial charge in [0.15, 0.2) is 0 Å². The van der Waals surface area contributed by atoms with Crippen molar-refractivity contribution in [2.45, 2.75) is 25.4 Å². The van der Waals surface area contributed by atoms with E-state index < -0.39 is 0 Å². The summed E-state index contributed by atoms with van der Waals surface area (Å²) in [6, 6.07) is 12.5. The number of pyridine rings is 1. The molecule has 128 valence electrons. The summed E-state index contributed by atoms with van der Waals surface area (Å²) in [6.45, 7) is 1.19. The highest BCUT2D eigenvalue weighted by Crippen LogP contribution is 2.36. The average molecular weight is 336 g/mol. The van der Waals surface area contributed by atoms with Crippen molar-refractivity contribution in [3.8, 4) is 11.4 Å². The second kappa shape index (κ2) is 7.13. The van der Waals surface area contributed by atoms with Gasteiger partial charge < -0.3 is 9.63 Å². The third kappa shape index (κ3) is 3.31. The Morgan fingerprint density at radius 2 is 2.12 bits per heavy atom. The molecule has 0 saturated heterocycles. The molecule has 1 N–H and O–H groups in total. The van der Waals surface area contributed by atoms with Gasteiger partial charge in [-0.3, -0.25) is 9.88 Å². The van der Waals surface area contributed by atoms with Crippen LogP contribution in [0.4, 0.5) is 0 Å². The fourth-order valence-corrected chi connectivity index (χ4v) is 3.49. The van der Waals surface area contributed by atoms with E-state index in [2.05, 4.69) is 44.3 Å². The van der Waals surface area contributed by atoms with Crippen molar-refractivity contribution in [2.24, 2.45) is 0 Å². The van der Waals surface area contributed by atoms with Gasteiger partial charge in [0.25, 0.3) is 0 Å². The molecule has 1 aliphatic rings. The van der Waals surface area contributed by atoms with Crippen molar-refractivity contribution in [1.82, 2.24) is 20.0 Å². The fraction of sp³-hybridized carbons (Fsp3) is 0.316. The lowest BCUT2D eigenvalue weighted by atomic mass is 10.1. The zero-order chi connectivity index (χ0) is 17.1. The van der Waals surface area contributed by atoms with Gasteiger partial charge in [-0.2, -0.15) is 4.98 Å². The second-order valence-electron chi connectivity index (χ2n) is 6.20. The molecule has 0 amide bonds. The first-order chi connectivity index (χ1) is 12.3. The van der Waals surface area contributed by atoms with Crippen molar-refractivity contribution in [2.75, 3.05) is 13.2 Å². The first-order valence-corrected chi connectivity index (χ1v) is 8.51. The number of aryl methyl sites for hydroxylation is 1. The fourth-order valence-electron chi connectivity index (χ4n) is 3.49. The Balaban J connectivity index is 1.54. The Kier molecular flexibility index (Phi) is 4.54. The van der Waals surface area contributed by atoms with Crippen LogP contribution in [0.25, 0.3) is 11.4 Å². The normalized spacial score (nSPS) is 16.3. The van der Waals surface area contributed by atoms with E-state index in [-0.39, 0.29) is 12.6 Å². The van der Waals surface area contributed by atoms with E-state index in [0.717, 1.165) is 18.4 Å². The molecule has 1 atom stereocenters. The Hall–Kier alpha value is -2.57. The van der Waals surface area contributed by atoms with Crippen molar-refractivity contribution < 1.29 is 9.63 Å². The summed E-state index contributed by atoms with van der Waals surface area (Å²) in [6.07, 6.45) is 5.54. The zero-order valence-corrected chi connectivity index (χ0v) is 13.9.